The molecule has 0 heterocycles. The molecule has 1 aromatic carbocycles. The van der Waals surface area contributed by atoms with E-state index < -0.39 is 0 Å². The minimum atomic E-state index is -0.103. The summed E-state index contributed by atoms with van der Waals surface area (Å²) in [6.07, 6.45) is 11.8. The largest absolute Gasteiger partial charge is 0.335 e. The topological polar surface area (TPSA) is 41.1 Å². The van der Waals surface area contributed by atoms with E-state index in [4.69, 9.17) is 11.6 Å². The molecule has 4 heteroatoms. The van der Waals surface area contributed by atoms with Gasteiger partial charge in [0.2, 0.25) is 0 Å². The van der Waals surface area contributed by atoms with Gasteiger partial charge in [0.15, 0.2) is 0 Å². The first-order chi connectivity index (χ1) is 12.0. The van der Waals surface area contributed by atoms with Crippen LogP contribution in [0.3, 0.4) is 0 Å². The molecule has 4 fully saturated rings. The third kappa shape index (κ3) is 3.57. The Balaban J connectivity index is 1.32. The number of urea groups is 1. The average molecular weight is 359 g/mol. The molecule has 1 atom stereocenters. The van der Waals surface area contributed by atoms with E-state index in [9.17, 15) is 4.79 Å². The molecule has 4 aliphatic rings. The van der Waals surface area contributed by atoms with Gasteiger partial charge in [0, 0.05) is 17.3 Å². The predicted octanol–water partition coefficient (Wildman–Crippen LogP) is 5.21. The molecule has 4 bridgehead atoms. The third-order valence-corrected chi connectivity index (χ3v) is 6.96. The first kappa shape index (κ1) is 17.0. The van der Waals surface area contributed by atoms with Gasteiger partial charge in [0.25, 0.3) is 0 Å². The molecule has 4 saturated carbocycles. The van der Waals surface area contributed by atoms with E-state index >= 15 is 0 Å². The number of amides is 2. The normalized spacial score (nSPS) is 34.2. The van der Waals surface area contributed by atoms with Crippen molar-refractivity contribution in [3.05, 3.63) is 41.1 Å². The molecule has 0 spiro atoms. The van der Waals surface area contributed by atoms with Gasteiger partial charge in [-0.05, 0) is 92.4 Å². The molecule has 0 aliphatic heterocycles. The number of nitrogens with one attached hydrogen (secondary N) is 2. The summed E-state index contributed by atoms with van der Waals surface area (Å²) in [5.41, 5.74) is 1.35. The zero-order valence-corrected chi connectivity index (χ0v) is 15.6. The highest BCUT2D eigenvalue weighted by atomic mass is 35.5. The molecule has 25 heavy (non-hydrogen) atoms. The lowest BCUT2D eigenvalue weighted by molar-refractivity contribution is -0.0681. The Labute approximate surface area is 155 Å². The zero-order chi connectivity index (χ0) is 17.4. The van der Waals surface area contributed by atoms with Crippen LogP contribution in [0, 0.1) is 23.2 Å². The molecular weight excluding hydrogens is 332 g/mol. The maximum atomic E-state index is 12.3. The van der Waals surface area contributed by atoms with Crippen molar-refractivity contribution >= 4 is 23.7 Å². The molecule has 2 N–H and O–H groups in total. The minimum Gasteiger partial charge on any atom is -0.335 e. The molecule has 0 radical (unpaired) electrons. The van der Waals surface area contributed by atoms with E-state index in [-0.39, 0.29) is 12.1 Å². The summed E-state index contributed by atoms with van der Waals surface area (Å²) in [4.78, 5) is 12.3. The van der Waals surface area contributed by atoms with E-state index in [0.29, 0.717) is 10.4 Å². The fourth-order valence-electron chi connectivity index (χ4n) is 5.89. The van der Waals surface area contributed by atoms with Gasteiger partial charge in [-0.2, -0.15) is 0 Å². The maximum Gasteiger partial charge on any atom is 0.318 e. The summed E-state index contributed by atoms with van der Waals surface area (Å²) in [5, 5.41) is 6.77. The van der Waals surface area contributed by atoms with Crippen LogP contribution in [0.25, 0.3) is 6.08 Å². The first-order valence-corrected chi connectivity index (χ1v) is 9.89. The lowest BCUT2D eigenvalue weighted by atomic mass is 9.48. The fraction of sp³-hybridized carbons (Fsp3) is 0.571. The molecule has 5 rings (SSSR count). The zero-order valence-electron chi connectivity index (χ0n) is 14.8. The highest BCUT2D eigenvalue weighted by Gasteiger charge is 2.53. The number of hydrogen-bond acceptors (Lipinski definition) is 1. The molecule has 0 saturated heterocycles. The van der Waals surface area contributed by atoms with Crippen molar-refractivity contribution in [1.82, 2.24) is 10.6 Å². The number of rotatable bonds is 4. The summed E-state index contributed by atoms with van der Waals surface area (Å²) in [7, 11) is 0. The van der Waals surface area contributed by atoms with Gasteiger partial charge in [-0.15, -0.1) is 0 Å². The fourth-order valence-corrected chi connectivity index (χ4v) is 6.01. The second kappa shape index (κ2) is 6.68. The highest BCUT2D eigenvalue weighted by Crippen LogP contribution is 2.61. The van der Waals surface area contributed by atoms with Crippen LogP contribution in [0.5, 0.6) is 0 Å². The second-order valence-electron chi connectivity index (χ2n) is 8.50. The Kier molecular flexibility index (Phi) is 4.53. The maximum absolute atomic E-state index is 12.3. The molecule has 1 unspecified atom stereocenters. The van der Waals surface area contributed by atoms with Crippen LogP contribution >= 0.6 is 11.6 Å². The number of carbonyl (C=O) groups excluding carboxylic acids is 1. The lowest BCUT2D eigenvalue weighted by Gasteiger charge is -2.59. The second-order valence-corrected chi connectivity index (χ2v) is 8.94. The van der Waals surface area contributed by atoms with E-state index in [1.54, 1.807) is 6.20 Å². The van der Waals surface area contributed by atoms with Crippen LogP contribution in [0.2, 0.25) is 5.02 Å². The van der Waals surface area contributed by atoms with E-state index in [2.05, 4.69) is 17.6 Å². The van der Waals surface area contributed by atoms with E-state index in [0.717, 1.165) is 23.3 Å². The minimum absolute atomic E-state index is 0.103. The molecular formula is C21H27ClN2O. The molecule has 1 aromatic rings. The van der Waals surface area contributed by atoms with Gasteiger partial charge in [0.05, 0.1) is 0 Å². The monoisotopic (exact) mass is 358 g/mol. The summed E-state index contributed by atoms with van der Waals surface area (Å²) >= 11 is 5.88. The summed E-state index contributed by atoms with van der Waals surface area (Å²) in [5.74, 6) is 2.72. The highest BCUT2D eigenvalue weighted by molar-refractivity contribution is 6.30. The van der Waals surface area contributed by atoms with Gasteiger partial charge in [-0.3, -0.25) is 0 Å². The molecule has 4 aliphatic carbocycles. The predicted molar refractivity (Wildman–Crippen MR) is 102 cm³/mol. The first-order valence-electron chi connectivity index (χ1n) is 9.51. The van der Waals surface area contributed by atoms with Gasteiger partial charge >= 0.3 is 6.03 Å². The van der Waals surface area contributed by atoms with Crippen molar-refractivity contribution in [2.75, 3.05) is 0 Å². The number of benzene rings is 1. The number of carbonyl (C=O) groups is 1. The van der Waals surface area contributed by atoms with Crippen LogP contribution in [0.15, 0.2) is 30.5 Å². The number of halogens is 1. The van der Waals surface area contributed by atoms with Gasteiger partial charge in [0.1, 0.15) is 0 Å². The van der Waals surface area contributed by atoms with Gasteiger partial charge in [-0.1, -0.05) is 23.7 Å². The Bertz CT molecular complexity index is 632. The Morgan fingerprint density at radius 2 is 1.68 bits per heavy atom. The third-order valence-electron chi connectivity index (χ3n) is 6.71. The van der Waals surface area contributed by atoms with Crippen molar-refractivity contribution in [3.63, 3.8) is 0 Å². The van der Waals surface area contributed by atoms with Crippen LogP contribution in [-0.4, -0.2) is 12.1 Å². The van der Waals surface area contributed by atoms with Gasteiger partial charge in [-0.25, -0.2) is 4.79 Å². The van der Waals surface area contributed by atoms with Gasteiger partial charge < -0.3 is 10.6 Å². The summed E-state index contributed by atoms with van der Waals surface area (Å²) in [6, 6.07) is 7.68. The summed E-state index contributed by atoms with van der Waals surface area (Å²) < 4.78 is 0. The van der Waals surface area contributed by atoms with Crippen molar-refractivity contribution in [3.8, 4) is 0 Å². The lowest BCUT2D eigenvalue weighted by Crippen LogP contribution is -2.56. The average Bonchev–Trinajstić information content (AvgIpc) is 2.55. The van der Waals surface area contributed by atoms with Crippen molar-refractivity contribution in [2.24, 2.45) is 23.2 Å². The van der Waals surface area contributed by atoms with Crippen LogP contribution in [-0.2, 0) is 0 Å². The van der Waals surface area contributed by atoms with E-state index in [1.807, 2.05) is 30.3 Å². The van der Waals surface area contributed by atoms with E-state index in [1.165, 1.54) is 38.5 Å². The standard InChI is InChI=1S/C21H27ClN2O/c1-14(21-11-16-8-17(12-21)10-18(9-16)13-21)24-20(25)23-7-6-15-2-4-19(22)5-3-15/h2-7,14,16-18H,8-13H2,1H3,(H2,23,24,25)/b7-6+. The van der Waals surface area contributed by atoms with Crippen molar-refractivity contribution < 1.29 is 4.79 Å². The summed E-state index contributed by atoms with van der Waals surface area (Å²) in [6.45, 7) is 2.20. The Hall–Kier alpha value is -1.48. The Morgan fingerprint density at radius 1 is 1.12 bits per heavy atom. The van der Waals surface area contributed by atoms with Crippen LogP contribution < -0.4 is 10.6 Å². The van der Waals surface area contributed by atoms with Crippen molar-refractivity contribution in [1.29, 1.82) is 0 Å². The molecule has 0 aromatic heterocycles. The SMILES string of the molecule is CC(NC(=O)N/C=C/c1ccc(Cl)cc1)C12CC3CC(CC(C3)C1)C2. The Morgan fingerprint density at radius 3 is 2.24 bits per heavy atom. The smallest absolute Gasteiger partial charge is 0.318 e. The van der Waals surface area contributed by atoms with Crippen LogP contribution in [0.4, 0.5) is 4.79 Å². The molecule has 134 valence electrons. The van der Waals surface area contributed by atoms with Crippen molar-refractivity contribution in [2.45, 2.75) is 51.5 Å². The quantitative estimate of drug-likeness (QED) is 0.761. The molecule has 3 nitrogen and oxygen atoms in total. The molecule has 2 amide bonds. The number of hydrogen-bond donors (Lipinski definition) is 2. The van der Waals surface area contributed by atoms with Crippen LogP contribution in [0.1, 0.15) is 51.0 Å².